The molecule has 0 radical (unpaired) electrons. The molecule has 0 saturated heterocycles. The van der Waals surface area contributed by atoms with Crippen molar-refractivity contribution in [2.24, 2.45) is 4.99 Å². The fourth-order valence-corrected chi connectivity index (χ4v) is 4.96. The molecule has 0 bridgehead atoms. The van der Waals surface area contributed by atoms with Gasteiger partial charge in [-0.1, -0.05) is 59.5 Å². The number of para-hydroxylation sites is 1. The molecule has 1 spiro atoms. The lowest BCUT2D eigenvalue weighted by atomic mass is 9.74. The minimum Gasteiger partial charge on any atom is -0.277 e. The second-order valence-electron chi connectivity index (χ2n) is 7.64. The van der Waals surface area contributed by atoms with Crippen LogP contribution in [0.25, 0.3) is 10.9 Å². The van der Waals surface area contributed by atoms with Crippen LogP contribution in [-0.4, -0.2) is 16.2 Å². The van der Waals surface area contributed by atoms with Crippen molar-refractivity contribution in [1.29, 1.82) is 0 Å². The van der Waals surface area contributed by atoms with Gasteiger partial charge in [0.2, 0.25) is 0 Å². The average Bonchev–Trinajstić information content (AvgIpc) is 2.67. The number of hydrogen-bond acceptors (Lipinski definition) is 2. The Labute approximate surface area is 162 Å². The summed E-state index contributed by atoms with van der Waals surface area (Å²) in [6, 6.07) is 17.2. The maximum absolute atomic E-state index is 5.38. The number of benzene rings is 2. The molecular weight excluding hydrogens is 384 g/mol. The van der Waals surface area contributed by atoms with E-state index in [9.17, 15) is 0 Å². The molecule has 130 valence electrons. The predicted octanol–water partition coefficient (Wildman–Crippen LogP) is 6.09. The molecule has 2 aliphatic rings. The molecule has 2 nitrogen and oxygen atoms in total. The molecule has 1 aromatic heterocycles. The maximum atomic E-state index is 5.38. The molecular formula is C23H21BrN2. The van der Waals surface area contributed by atoms with Gasteiger partial charge in [0.25, 0.3) is 0 Å². The summed E-state index contributed by atoms with van der Waals surface area (Å²) >= 11 is 3.66. The van der Waals surface area contributed by atoms with Crippen molar-refractivity contribution in [2.45, 2.75) is 44.1 Å². The van der Waals surface area contributed by atoms with E-state index in [2.05, 4.69) is 58.4 Å². The number of hydrogen-bond donors (Lipinski definition) is 0. The van der Waals surface area contributed by atoms with E-state index in [0.717, 1.165) is 27.7 Å². The van der Waals surface area contributed by atoms with Gasteiger partial charge in [0.15, 0.2) is 0 Å². The van der Waals surface area contributed by atoms with Crippen LogP contribution in [0.15, 0.2) is 64.2 Å². The SMILES string of the molecule is Brc1ccc2c(c1)CC1(CCCCC1)N=C2c1cnc2ccccc2c1. The van der Waals surface area contributed by atoms with Gasteiger partial charge in [0, 0.05) is 27.2 Å². The number of pyridine rings is 1. The van der Waals surface area contributed by atoms with Gasteiger partial charge < -0.3 is 0 Å². The van der Waals surface area contributed by atoms with Gasteiger partial charge in [-0.05, 0) is 49.1 Å². The van der Waals surface area contributed by atoms with Crippen molar-refractivity contribution in [2.75, 3.05) is 0 Å². The Balaban J connectivity index is 1.70. The highest BCUT2D eigenvalue weighted by molar-refractivity contribution is 9.10. The van der Waals surface area contributed by atoms with Crippen molar-refractivity contribution in [1.82, 2.24) is 4.98 Å². The molecule has 3 heteroatoms. The fourth-order valence-electron chi connectivity index (χ4n) is 4.55. The molecule has 0 atom stereocenters. The Hall–Kier alpha value is -2.00. The topological polar surface area (TPSA) is 25.2 Å². The number of rotatable bonds is 1. The Morgan fingerprint density at radius 1 is 0.923 bits per heavy atom. The highest BCUT2D eigenvalue weighted by Crippen LogP contribution is 2.40. The summed E-state index contributed by atoms with van der Waals surface area (Å²) in [5.41, 5.74) is 6.06. The molecule has 1 saturated carbocycles. The minimum atomic E-state index is 0.0764. The van der Waals surface area contributed by atoms with E-state index >= 15 is 0 Å². The van der Waals surface area contributed by atoms with E-state index in [4.69, 9.17) is 9.98 Å². The summed E-state index contributed by atoms with van der Waals surface area (Å²) in [6.07, 6.45) is 9.37. The summed E-state index contributed by atoms with van der Waals surface area (Å²) in [5, 5.41) is 1.18. The zero-order valence-electron chi connectivity index (χ0n) is 14.7. The van der Waals surface area contributed by atoms with Crippen LogP contribution in [0.1, 0.15) is 48.8 Å². The summed E-state index contributed by atoms with van der Waals surface area (Å²) in [6.45, 7) is 0. The average molecular weight is 405 g/mol. The summed E-state index contributed by atoms with van der Waals surface area (Å²) < 4.78 is 1.15. The molecule has 3 aromatic rings. The minimum absolute atomic E-state index is 0.0764. The van der Waals surface area contributed by atoms with E-state index in [1.54, 1.807) is 0 Å². The highest BCUT2D eigenvalue weighted by atomic mass is 79.9. The first-order valence-corrected chi connectivity index (χ1v) is 10.3. The van der Waals surface area contributed by atoms with E-state index < -0.39 is 0 Å². The van der Waals surface area contributed by atoms with Crippen LogP contribution in [0.3, 0.4) is 0 Å². The highest BCUT2D eigenvalue weighted by Gasteiger charge is 2.36. The van der Waals surface area contributed by atoms with Gasteiger partial charge in [0.05, 0.1) is 16.8 Å². The lowest BCUT2D eigenvalue weighted by Crippen LogP contribution is -2.37. The monoisotopic (exact) mass is 404 g/mol. The van der Waals surface area contributed by atoms with Gasteiger partial charge in [-0.25, -0.2) is 0 Å². The van der Waals surface area contributed by atoms with Crippen LogP contribution in [0.4, 0.5) is 0 Å². The molecule has 0 unspecified atom stereocenters. The molecule has 2 aromatic carbocycles. The van der Waals surface area contributed by atoms with Gasteiger partial charge in [-0.2, -0.15) is 0 Å². The van der Waals surface area contributed by atoms with Crippen LogP contribution < -0.4 is 0 Å². The van der Waals surface area contributed by atoms with Gasteiger partial charge in [0.1, 0.15) is 0 Å². The van der Waals surface area contributed by atoms with Crippen LogP contribution in [-0.2, 0) is 6.42 Å². The lowest BCUT2D eigenvalue weighted by Gasteiger charge is -2.38. The van der Waals surface area contributed by atoms with Crippen LogP contribution >= 0.6 is 15.9 Å². The van der Waals surface area contributed by atoms with Gasteiger partial charge in [-0.3, -0.25) is 9.98 Å². The van der Waals surface area contributed by atoms with Crippen molar-refractivity contribution >= 4 is 32.5 Å². The van der Waals surface area contributed by atoms with E-state index in [-0.39, 0.29) is 5.54 Å². The van der Waals surface area contributed by atoms with Crippen LogP contribution in [0.5, 0.6) is 0 Å². The first kappa shape index (κ1) is 16.2. The normalized spacial score (nSPS) is 18.6. The first-order valence-electron chi connectivity index (χ1n) is 9.46. The van der Waals surface area contributed by atoms with Crippen molar-refractivity contribution in [3.63, 3.8) is 0 Å². The predicted molar refractivity (Wildman–Crippen MR) is 111 cm³/mol. The van der Waals surface area contributed by atoms with Crippen LogP contribution in [0, 0.1) is 0 Å². The smallest absolute Gasteiger partial charge is 0.0744 e. The number of halogens is 1. The zero-order chi connectivity index (χ0) is 17.6. The largest absolute Gasteiger partial charge is 0.277 e. The second-order valence-corrected chi connectivity index (χ2v) is 8.56. The molecule has 5 rings (SSSR count). The molecule has 1 aliphatic heterocycles. The van der Waals surface area contributed by atoms with E-state index in [1.807, 2.05) is 12.3 Å². The molecule has 26 heavy (non-hydrogen) atoms. The number of aliphatic imine (C=N–C) groups is 1. The third-order valence-electron chi connectivity index (χ3n) is 5.84. The van der Waals surface area contributed by atoms with Crippen LogP contribution in [0.2, 0.25) is 0 Å². The molecule has 0 N–H and O–H groups in total. The Morgan fingerprint density at radius 3 is 2.65 bits per heavy atom. The lowest BCUT2D eigenvalue weighted by molar-refractivity contribution is 0.294. The Kier molecular flexibility index (Phi) is 3.93. The zero-order valence-corrected chi connectivity index (χ0v) is 16.3. The second kappa shape index (κ2) is 6.31. The molecule has 0 amide bonds. The van der Waals surface area contributed by atoms with E-state index in [1.165, 1.54) is 48.6 Å². The molecule has 1 aliphatic carbocycles. The van der Waals surface area contributed by atoms with Crippen molar-refractivity contribution in [3.8, 4) is 0 Å². The summed E-state index contributed by atoms with van der Waals surface area (Å²) in [4.78, 5) is 10.1. The maximum Gasteiger partial charge on any atom is 0.0744 e. The summed E-state index contributed by atoms with van der Waals surface area (Å²) in [7, 11) is 0. The van der Waals surface area contributed by atoms with E-state index in [0.29, 0.717) is 0 Å². The fraction of sp³-hybridized carbons (Fsp3) is 0.304. The summed E-state index contributed by atoms with van der Waals surface area (Å²) in [5.74, 6) is 0. The van der Waals surface area contributed by atoms with Crippen molar-refractivity contribution in [3.05, 3.63) is 75.9 Å². The number of aromatic nitrogens is 1. The first-order chi connectivity index (χ1) is 12.7. The molecule has 2 heterocycles. The van der Waals surface area contributed by atoms with Gasteiger partial charge in [-0.15, -0.1) is 0 Å². The third-order valence-corrected chi connectivity index (χ3v) is 6.33. The Bertz CT molecular complexity index is 1020. The standard InChI is InChI=1S/C23H21BrN2/c24-19-8-9-20-17(13-19)14-23(10-4-1-5-11-23)26-22(20)18-12-16-6-2-3-7-21(16)25-15-18/h2-3,6-9,12-13,15H,1,4-5,10-11,14H2. The quantitative estimate of drug-likeness (QED) is 0.481. The number of fused-ring (bicyclic) bond motifs is 2. The Morgan fingerprint density at radius 2 is 1.77 bits per heavy atom. The van der Waals surface area contributed by atoms with Crippen molar-refractivity contribution < 1.29 is 0 Å². The third kappa shape index (κ3) is 2.79. The molecule has 1 fully saturated rings. The number of nitrogens with zero attached hydrogens (tertiary/aromatic N) is 2. The van der Waals surface area contributed by atoms with Gasteiger partial charge >= 0.3 is 0 Å².